The second-order valence-corrected chi connectivity index (χ2v) is 8.22. The van der Waals surface area contributed by atoms with E-state index in [1.54, 1.807) is 4.90 Å². The Morgan fingerprint density at radius 2 is 1.76 bits per heavy atom. The van der Waals surface area contributed by atoms with Gasteiger partial charge in [-0.15, -0.1) is 0 Å². The van der Waals surface area contributed by atoms with E-state index in [2.05, 4.69) is 19.1 Å². The normalized spacial score (nSPS) is 15.2. The first kappa shape index (κ1) is 21.4. The average Bonchev–Trinajstić information content (AvgIpc) is 3.00. The third-order valence-electron chi connectivity index (χ3n) is 4.50. The van der Waals surface area contributed by atoms with Gasteiger partial charge in [-0.2, -0.15) is 0 Å². The van der Waals surface area contributed by atoms with E-state index in [0.717, 1.165) is 29.9 Å². The molecule has 29 heavy (non-hydrogen) atoms. The Balaban J connectivity index is 1.48. The summed E-state index contributed by atoms with van der Waals surface area (Å²) in [6.07, 6.45) is 3.68. The van der Waals surface area contributed by atoms with Crippen molar-refractivity contribution in [3.63, 3.8) is 0 Å². The number of nitrogens with zero attached hydrogens (tertiary/aromatic N) is 1. The van der Waals surface area contributed by atoms with E-state index >= 15 is 0 Å². The highest BCUT2D eigenvalue weighted by Gasteiger charge is 2.30. The zero-order valence-corrected chi connectivity index (χ0v) is 18.4. The first-order valence-electron chi connectivity index (χ1n) is 9.80. The summed E-state index contributed by atoms with van der Waals surface area (Å²) < 4.78 is 12.2. The Labute approximate surface area is 181 Å². The molecule has 1 amide bonds. The zero-order valence-electron chi connectivity index (χ0n) is 16.7. The molecule has 1 heterocycles. The number of ether oxygens (including phenoxy) is 2. The Morgan fingerprint density at radius 1 is 1.03 bits per heavy atom. The number of benzene rings is 2. The van der Waals surface area contributed by atoms with Crippen molar-refractivity contribution in [2.45, 2.75) is 26.7 Å². The molecule has 2 aromatic carbocycles. The molecule has 2 aromatic rings. The minimum absolute atomic E-state index is 0.0297. The summed E-state index contributed by atoms with van der Waals surface area (Å²) in [6, 6.07) is 15.9. The van der Waals surface area contributed by atoms with Crippen LogP contribution in [0.5, 0.6) is 11.5 Å². The van der Waals surface area contributed by atoms with Gasteiger partial charge < -0.3 is 9.47 Å². The highest BCUT2D eigenvalue weighted by Crippen LogP contribution is 2.32. The average molecular weight is 428 g/mol. The van der Waals surface area contributed by atoms with Crippen LogP contribution in [-0.2, 0) is 11.2 Å². The Hall–Kier alpha value is -2.31. The summed E-state index contributed by atoms with van der Waals surface area (Å²) in [7, 11) is 0. The van der Waals surface area contributed by atoms with Crippen LogP contribution in [0.4, 0.5) is 0 Å². The van der Waals surface area contributed by atoms with Crippen LogP contribution in [0.1, 0.15) is 31.4 Å². The van der Waals surface area contributed by atoms with E-state index in [4.69, 9.17) is 21.7 Å². The van der Waals surface area contributed by atoms with Gasteiger partial charge in [-0.05, 0) is 54.8 Å². The molecule has 0 aliphatic carbocycles. The van der Waals surface area contributed by atoms with Crippen LogP contribution in [0.2, 0.25) is 0 Å². The molecular weight excluding hydrogens is 402 g/mol. The second-order valence-electron chi connectivity index (χ2n) is 6.55. The highest BCUT2D eigenvalue weighted by molar-refractivity contribution is 8.26. The van der Waals surface area contributed by atoms with Crippen LogP contribution in [0, 0.1) is 0 Å². The first-order valence-corrected chi connectivity index (χ1v) is 11.0. The fourth-order valence-electron chi connectivity index (χ4n) is 2.88. The number of hydrogen-bond acceptors (Lipinski definition) is 5. The molecule has 0 atom stereocenters. The van der Waals surface area contributed by atoms with Crippen LogP contribution in [0.15, 0.2) is 53.4 Å². The Morgan fingerprint density at radius 3 is 2.41 bits per heavy atom. The number of likely N-dealkylation sites (N-methyl/N-ethyl adjacent to an activating group) is 1. The maximum absolute atomic E-state index is 12.3. The molecule has 0 unspecified atom stereocenters. The molecular formula is C23H25NO3S2. The summed E-state index contributed by atoms with van der Waals surface area (Å²) in [6.45, 7) is 5.82. The van der Waals surface area contributed by atoms with Crippen LogP contribution < -0.4 is 9.47 Å². The number of aryl methyl sites for hydroxylation is 1. The van der Waals surface area contributed by atoms with Crippen molar-refractivity contribution in [1.82, 2.24) is 4.90 Å². The van der Waals surface area contributed by atoms with E-state index in [0.29, 0.717) is 29.0 Å². The van der Waals surface area contributed by atoms with Crippen molar-refractivity contribution in [1.29, 1.82) is 0 Å². The van der Waals surface area contributed by atoms with Crippen molar-refractivity contribution in [2.24, 2.45) is 0 Å². The SMILES string of the molecule is CCc1ccc(OCCCOc2cccc(C=C3SC(=S)N(CC)C3=O)c2)cc1. The van der Waals surface area contributed by atoms with Gasteiger partial charge in [0.05, 0.1) is 18.1 Å². The molecule has 1 saturated heterocycles. The predicted molar refractivity (Wildman–Crippen MR) is 123 cm³/mol. The second kappa shape index (κ2) is 10.5. The molecule has 4 nitrogen and oxygen atoms in total. The molecule has 0 aromatic heterocycles. The van der Waals surface area contributed by atoms with Gasteiger partial charge in [0.25, 0.3) is 5.91 Å². The monoisotopic (exact) mass is 427 g/mol. The van der Waals surface area contributed by atoms with Crippen molar-refractivity contribution in [3.05, 3.63) is 64.6 Å². The van der Waals surface area contributed by atoms with Gasteiger partial charge in [-0.25, -0.2) is 0 Å². The standard InChI is InChI=1S/C23H25NO3S2/c1-3-17-9-11-19(12-10-17)26-13-6-14-27-20-8-5-7-18(15-20)16-21-22(25)24(4-2)23(28)29-21/h5,7-12,15-16H,3-4,6,13-14H2,1-2H3. The fraction of sp³-hybridized carbons (Fsp3) is 0.304. The number of thioether (sulfide) groups is 1. The highest BCUT2D eigenvalue weighted by atomic mass is 32.2. The number of carbonyl (C=O) groups is 1. The number of carbonyl (C=O) groups excluding carboxylic acids is 1. The predicted octanol–water partition coefficient (Wildman–Crippen LogP) is 5.32. The van der Waals surface area contributed by atoms with E-state index in [1.807, 2.05) is 49.4 Å². The van der Waals surface area contributed by atoms with Crippen LogP contribution in [0.25, 0.3) is 6.08 Å². The molecule has 0 spiro atoms. The van der Waals surface area contributed by atoms with E-state index in [-0.39, 0.29) is 5.91 Å². The lowest BCUT2D eigenvalue weighted by Crippen LogP contribution is -2.27. The minimum atomic E-state index is -0.0297. The number of rotatable bonds is 9. The summed E-state index contributed by atoms with van der Waals surface area (Å²) in [5.74, 6) is 1.63. The van der Waals surface area contributed by atoms with Crippen LogP contribution in [-0.4, -0.2) is 34.9 Å². The van der Waals surface area contributed by atoms with Crippen molar-refractivity contribution in [3.8, 4) is 11.5 Å². The maximum Gasteiger partial charge on any atom is 0.266 e. The van der Waals surface area contributed by atoms with Crippen molar-refractivity contribution >= 4 is 40.3 Å². The van der Waals surface area contributed by atoms with Gasteiger partial charge in [0.2, 0.25) is 0 Å². The van der Waals surface area contributed by atoms with E-state index in [1.165, 1.54) is 17.3 Å². The van der Waals surface area contributed by atoms with Gasteiger partial charge in [0.15, 0.2) is 0 Å². The largest absolute Gasteiger partial charge is 0.493 e. The smallest absolute Gasteiger partial charge is 0.266 e. The van der Waals surface area contributed by atoms with E-state index in [9.17, 15) is 4.79 Å². The summed E-state index contributed by atoms with van der Waals surface area (Å²) in [5, 5.41) is 0. The molecule has 0 saturated carbocycles. The van der Waals surface area contributed by atoms with E-state index < -0.39 is 0 Å². The van der Waals surface area contributed by atoms with Gasteiger partial charge in [0, 0.05) is 13.0 Å². The summed E-state index contributed by atoms with van der Waals surface area (Å²) in [4.78, 5) is 14.6. The summed E-state index contributed by atoms with van der Waals surface area (Å²) >= 11 is 6.60. The molecule has 1 aliphatic heterocycles. The molecule has 1 fully saturated rings. The third kappa shape index (κ3) is 5.84. The van der Waals surface area contributed by atoms with Gasteiger partial charge in [0.1, 0.15) is 15.8 Å². The molecule has 0 bridgehead atoms. The Bertz CT molecular complexity index is 893. The van der Waals surface area contributed by atoms with Gasteiger partial charge >= 0.3 is 0 Å². The molecule has 0 N–H and O–H groups in total. The maximum atomic E-state index is 12.3. The van der Waals surface area contributed by atoms with Gasteiger partial charge in [-0.3, -0.25) is 9.69 Å². The molecule has 152 valence electrons. The van der Waals surface area contributed by atoms with Gasteiger partial charge in [-0.1, -0.05) is 55.2 Å². The topological polar surface area (TPSA) is 38.8 Å². The quantitative estimate of drug-likeness (QED) is 0.308. The first-order chi connectivity index (χ1) is 14.1. The van der Waals surface area contributed by atoms with Crippen molar-refractivity contribution < 1.29 is 14.3 Å². The molecule has 0 radical (unpaired) electrons. The number of amides is 1. The minimum Gasteiger partial charge on any atom is -0.493 e. The zero-order chi connectivity index (χ0) is 20.6. The lowest BCUT2D eigenvalue weighted by atomic mass is 10.2. The third-order valence-corrected chi connectivity index (χ3v) is 5.88. The fourth-order valence-corrected chi connectivity index (χ4v) is 4.26. The number of hydrogen-bond donors (Lipinski definition) is 0. The van der Waals surface area contributed by atoms with Crippen LogP contribution in [0.3, 0.4) is 0 Å². The molecule has 6 heteroatoms. The lowest BCUT2D eigenvalue weighted by Gasteiger charge is -2.10. The molecule has 1 aliphatic rings. The lowest BCUT2D eigenvalue weighted by molar-refractivity contribution is -0.121. The van der Waals surface area contributed by atoms with Crippen LogP contribution >= 0.6 is 24.0 Å². The number of thiocarbonyl (C=S) groups is 1. The van der Waals surface area contributed by atoms with Crippen molar-refractivity contribution in [2.75, 3.05) is 19.8 Å². The summed E-state index contributed by atoms with van der Waals surface area (Å²) in [5.41, 5.74) is 2.23. The Kier molecular flexibility index (Phi) is 7.72. The molecule has 3 rings (SSSR count).